The van der Waals surface area contributed by atoms with Crippen LogP contribution in [-0.2, 0) is 4.74 Å². The van der Waals surface area contributed by atoms with Crippen LogP contribution in [0.4, 0.5) is 0 Å². The summed E-state index contributed by atoms with van der Waals surface area (Å²) >= 11 is 0. The number of ether oxygens (including phenoxy) is 2. The van der Waals surface area contributed by atoms with Crippen molar-refractivity contribution in [3.05, 3.63) is 46.8 Å². The summed E-state index contributed by atoms with van der Waals surface area (Å²) in [5.41, 5.74) is 5.71. The third-order valence-corrected chi connectivity index (χ3v) is 7.38. The van der Waals surface area contributed by atoms with E-state index in [1.165, 1.54) is 11.9 Å². The van der Waals surface area contributed by atoms with E-state index in [2.05, 4.69) is 45.9 Å². The number of hydrogen-bond donors (Lipinski definition) is 1. The SMILES string of the molecule is COc1cc(-c2cc3[nH]c(=O)n(C4CCN(C5COC5)CC4)c3cc2C(C)C)cn2ncnc12. The Labute approximate surface area is 197 Å². The molecule has 2 saturated heterocycles. The Morgan fingerprint density at radius 1 is 1.15 bits per heavy atom. The molecule has 0 aliphatic carbocycles. The Morgan fingerprint density at radius 3 is 2.62 bits per heavy atom. The zero-order valence-electron chi connectivity index (χ0n) is 19.8. The number of methoxy groups -OCH3 is 1. The van der Waals surface area contributed by atoms with Gasteiger partial charge in [-0.15, -0.1) is 0 Å². The average molecular weight is 463 g/mol. The first-order valence-corrected chi connectivity index (χ1v) is 12.0. The Hall–Kier alpha value is -3.17. The van der Waals surface area contributed by atoms with E-state index < -0.39 is 0 Å². The standard InChI is InChI=1S/C25H30N6O3/c1-15(2)19-10-22-21(9-20(19)16-8-23(33-3)24-26-14-27-30(24)11-16)28-25(32)31(22)17-4-6-29(7-5-17)18-12-34-13-18/h8-11,14-15,17-18H,4-7,12-13H2,1-3H3,(H,28,32). The molecule has 9 heteroatoms. The second-order valence-corrected chi connectivity index (χ2v) is 9.70. The van der Waals surface area contributed by atoms with E-state index in [4.69, 9.17) is 9.47 Å². The van der Waals surface area contributed by atoms with Crippen LogP contribution in [0.15, 0.2) is 35.5 Å². The van der Waals surface area contributed by atoms with Crippen molar-refractivity contribution in [3.8, 4) is 16.9 Å². The zero-order valence-corrected chi connectivity index (χ0v) is 19.8. The number of fused-ring (bicyclic) bond motifs is 2. The molecular formula is C25H30N6O3. The predicted molar refractivity (Wildman–Crippen MR) is 130 cm³/mol. The molecular weight excluding hydrogens is 432 g/mol. The second kappa shape index (κ2) is 8.25. The fourth-order valence-electron chi connectivity index (χ4n) is 5.42. The van der Waals surface area contributed by atoms with Gasteiger partial charge in [0.05, 0.1) is 37.4 Å². The van der Waals surface area contributed by atoms with Crippen LogP contribution in [0.2, 0.25) is 0 Å². The number of imidazole rings is 1. The number of benzene rings is 1. The lowest BCUT2D eigenvalue weighted by Gasteiger charge is -2.41. The summed E-state index contributed by atoms with van der Waals surface area (Å²) in [6, 6.07) is 7.04. The molecule has 9 nitrogen and oxygen atoms in total. The molecule has 0 spiro atoms. The summed E-state index contributed by atoms with van der Waals surface area (Å²) in [7, 11) is 1.64. The van der Waals surface area contributed by atoms with Crippen LogP contribution in [0.1, 0.15) is 44.2 Å². The molecule has 2 aliphatic heterocycles. The molecule has 4 aromatic rings. The van der Waals surface area contributed by atoms with Gasteiger partial charge in [-0.1, -0.05) is 13.8 Å². The molecule has 0 unspecified atom stereocenters. The van der Waals surface area contributed by atoms with E-state index >= 15 is 0 Å². The number of nitrogens with one attached hydrogen (secondary N) is 1. The van der Waals surface area contributed by atoms with Crippen LogP contribution in [-0.4, -0.2) is 68.5 Å². The number of rotatable bonds is 5. The largest absolute Gasteiger partial charge is 0.493 e. The highest BCUT2D eigenvalue weighted by atomic mass is 16.5. The molecule has 2 fully saturated rings. The summed E-state index contributed by atoms with van der Waals surface area (Å²) in [4.78, 5) is 23.0. The van der Waals surface area contributed by atoms with Crippen molar-refractivity contribution < 1.29 is 9.47 Å². The van der Waals surface area contributed by atoms with Crippen LogP contribution in [0.3, 0.4) is 0 Å². The monoisotopic (exact) mass is 462 g/mol. The van der Waals surface area contributed by atoms with E-state index in [0.29, 0.717) is 17.4 Å². The number of likely N-dealkylation sites (tertiary alicyclic amines) is 1. The number of nitrogens with zero attached hydrogens (tertiary/aromatic N) is 5. The number of H-pyrrole nitrogens is 1. The highest BCUT2D eigenvalue weighted by molar-refractivity contribution is 5.85. The predicted octanol–water partition coefficient (Wildman–Crippen LogP) is 3.21. The van der Waals surface area contributed by atoms with Crippen molar-refractivity contribution in [2.24, 2.45) is 0 Å². The summed E-state index contributed by atoms with van der Waals surface area (Å²) in [6.07, 6.45) is 5.44. The minimum atomic E-state index is -0.0309. The fourth-order valence-corrected chi connectivity index (χ4v) is 5.42. The molecule has 34 heavy (non-hydrogen) atoms. The van der Waals surface area contributed by atoms with Gasteiger partial charge in [-0.05, 0) is 48.1 Å². The molecule has 1 N–H and O–H groups in total. The summed E-state index contributed by atoms with van der Waals surface area (Å²) in [5, 5.41) is 4.31. The maximum atomic E-state index is 13.1. The maximum Gasteiger partial charge on any atom is 0.326 e. The van der Waals surface area contributed by atoms with Gasteiger partial charge in [0.1, 0.15) is 6.33 Å². The minimum absolute atomic E-state index is 0.0309. The van der Waals surface area contributed by atoms with Crippen molar-refractivity contribution in [1.29, 1.82) is 0 Å². The number of aromatic nitrogens is 5. The number of piperidine rings is 1. The highest BCUT2D eigenvalue weighted by Crippen LogP contribution is 2.36. The molecule has 1 aromatic carbocycles. The van der Waals surface area contributed by atoms with Gasteiger partial charge in [0.2, 0.25) is 0 Å². The third-order valence-electron chi connectivity index (χ3n) is 7.38. The van der Waals surface area contributed by atoms with Crippen LogP contribution >= 0.6 is 0 Å². The molecule has 0 radical (unpaired) electrons. The van der Waals surface area contributed by atoms with E-state index in [1.54, 1.807) is 11.6 Å². The van der Waals surface area contributed by atoms with Crippen LogP contribution < -0.4 is 10.4 Å². The van der Waals surface area contributed by atoms with Crippen molar-refractivity contribution >= 4 is 16.7 Å². The maximum absolute atomic E-state index is 13.1. The van der Waals surface area contributed by atoms with E-state index in [1.807, 2.05) is 16.8 Å². The van der Waals surface area contributed by atoms with E-state index in [0.717, 1.165) is 61.3 Å². The topological polar surface area (TPSA) is 89.7 Å². The Kier molecular flexibility index (Phi) is 5.18. The van der Waals surface area contributed by atoms with Crippen LogP contribution in [0.25, 0.3) is 27.8 Å². The molecule has 5 heterocycles. The van der Waals surface area contributed by atoms with Gasteiger partial charge in [-0.2, -0.15) is 5.10 Å². The Balaban J connectivity index is 1.42. The number of aromatic amines is 1. The lowest BCUT2D eigenvalue weighted by atomic mass is 9.92. The molecule has 0 atom stereocenters. The lowest BCUT2D eigenvalue weighted by Crippen LogP contribution is -2.52. The second-order valence-electron chi connectivity index (χ2n) is 9.70. The van der Waals surface area contributed by atoms with Gasteiger partial charge in [0, 0.05) is 30.9 Å². The normalized spacial score (nSPS) is 18.2. The van der Waals surface area contributed by atoms with Crippen LogP contribution in [0.5, 0.6) is 5.75 Å². The summed E-state index contributed by atoms with van der Waals surface area (Å²) < 4.78 is 14.7. The Bertz CT molecular complexity index is 1410. The van der Waals surface area contributed by atoms with Gasteiger partial charge < -0.3 is 14.5 Å². The first-order chi connectivity index (χ1) is 16.5. The van der Waals surface area contributed by atoms with Crippen LogP contribution in [0, 0.1) is 0 Å². The van der Waals surface area contributed by atoms with Gasteiger partial charge in [0.25, 0.3) is 0 Å². The van der Waals surface area contributed by atoms with Crippen molar-refractivity contribution in [1.82, 2.24) is 29.0 Å². The van der Waals surface area contributed by atoms with Crippen molar-refractivity contribution in [2.45, 2.75) is 44.7 Å². The Morgan fingerprint density at radius 2 is 1.94 bits per heavy atom. The number of pyridine rings is 1. The van der Waals surface area contributed by atoms with Crippen molar-refractivity contribution in [3.63, 3.8) is 0 Å². The quantitative estimate of drug-likeness (QED) is 0.490. The zero-order chi connectivity index (χ0) is 23.4. The summed E-state index contributed by atoms with van der Waals surface area (Å²) in [6.45, 7) is 8.05. The van der Waals surface area contributed by atoms with E-state index in [-0.39, 0.29) is 17.6 Å². The lowest BCUT2D eigenvalue weighted by molar-refractivity contribution is -0.0730. The molecule has 0 saturated carbocycles. The fraction of sp³-hybridized carbons (Fsp3) is 0.480. The van der Waals surface area contributed by atoms with Gasteiger partial charge in [-0.25, -0.2) is 14.3 Å². The average Bonchev–Trinajstić information content (AvgIpc) is 3.40. The van der Waals surface area contributed by atoms with Gasteiger partial charge >= 0.3 is 5.69 Å². The van der Waals surface area contributed by atoms with E-state index in [9.17, 15) is 4.79 Å². The minimum Gasteiger partial charge on any atom is -0.493 e. The smallest absolute Gasteiger partial charge is 0.326 e. The van der Waals surface area contributed by atoms with Gasteiger partial charge in [0.15, 0.2) is 11.4 Å². The van der Waals surface area contributed by atoms with Crippen molar-refractivity contribution in [2.75, 3.05) is 33.4 Å². The summed E-state index contributed by atoms with van der Waals surface area (Å²) in [5.74, 6) is 0.940. The number of hydrogen-bond acceptors (Lipinski definition) is 6. The molecule has 6 rings (SSSR count). The highest BCUT2D eigenvalue weighted by Gasteiger charge is 2.31. The third kappa shape index (κ3) is 3.42. The molecule has 3 aromatic heterocycles. The van der Waals surface area contributed by atoms with Gasteiger partial charge in [-0.3, -0.25) is 9.47 Å². The molecule has 2 aliphatic rings. The molecule has 0 bridgehead atoms. The molecule has 178 valence electrons. The first kappa shape index (κ1) is 21.4. The molecule has 0 amide bonds. The first-order valence-electron chi connectivity index (χ1n) is 12.0.